The van der Waals surface area contributed by atoms with Crippen molar-refractivity contribution < 1.29 is 0 Å². The minimum atomic E-state index is -0.0180. The molecule has 35 heavy (non-hydrogen) atoms. The fourth-order valence-corrected chi connectivity index (χ4v) is 5.41. The fourth-order valence-electron chi connectivity index (χ4n) is 5.07. The van der Waals surface area contributed by atoms with E-state index in [9.17, 15) is 4.79 Å². The van der Waals surface area contributed by atoms with E-state index in [4.69, 9.17) is 16.6 Å². The highest BCUT2D eigenvalue weighted by molar-refractivity contribution is 6.30. The molecule has 1 aliphatic carbocycles. The van der Waals surface area contributed by atoms with Crippen LogP contribution in [0.4, 0.5) is 0 Å². The molecule has 9 heteroatoms. The van der Waals surface area contributed by atoms with Crippen LogP contribution in [0.2, 0.25) is 5.15 Å². The number of nitrogens with zero attached hydrogens (tertiary/aromatic N) is 6. The molecule has 0 atom stereocenters. The zero-order valence-electron chi connectivity index (χ0n) is 20.0. The molecule has 0 amide bonds. The van der Waals surface area contributed by atoms with Crippen molar-refractivity contribution in [2.24, 2.45) is 5.92 Å². The van der Waals surface area contributed by atoms with Gasteiger partial charge in [-0.15, -0.1) is 10.2 Å². The Hall–Kier alpha value is -3.26. The molecular weight excluding hydrogens is 462 g/mol. The van der Waals surface area contributed by atoms with Gasteiger partial charge >= 0.3 is 5.69 Å². The van der Waals surface area contributed by atoms with Crippen LogP contribution in [0.5, 0.6) is 0 Å². The van der Waals surface area contributed by atoms with Crippen LogP contribution in [0.3, 0.4) is 0 Å². The molecule has 4 aromatic rings. The number of pyridine rings is 1. The van der Waals surface area contributed by atoms with E-state index in [1.165, 1.54) is 32.1 Å². The number of aromatic amines is 1. The third-order valence-corrected chi connectivity index (χ3v) is 7.29. The number of halogens is 1. The largest absolute Gasteiger partial charge is 0.329 e. The van der Waals surface area contributed by atoms with E-state index in [0.29, 0.717) is 30.0 Å². The first-order valence-corrected chi connectivity index (χ1v) is 12.8. The Bertz CT molecular complexity index is 1320. The molecule has 1 aliphatic rings. The number of hydrogen-bond donors (Lipinski definition) is 1. The molecule has 0 bridgehead atoms. The van der Waals surface area contributed by atoms with Crippen molar-refractivity contribution in [3.63, 3.8) is 0 Å². The fraction of sp³-hybridized carbons (Fsp3) is 0.423. The zero-order chi connectivity index (χ0) is 24.2. The molecule has 0 spiro atoms. The molecule has 3 heterocycles. The van der Waals surface area contributed by atoms with Gasteiger partial charge in [0.1, 0.15) is 5.15 Å². The molecule has 0 aliphatic heterocycles. The van der Waals surface area contributed by atoms with Crippen molar-refractivity contribution in [3.8, 4) is 22.6 Å². The van der Waals surface area contributed by atoms with Gasteiger partial charge in [-0.2, -0.15) is 5.21 Å². The van der Waals surface area contributed by atoms with Crippen molar-refractivity contribution in [2.75, 3.05) is 0 Å². The molecule has 182 valence electrons. The quantitative estimate of drug-likeness (QED) is 0.369. The van der Waals surface area contributed by atoms with Gasteiger partial charge in [0.2, 0.25) is 5.82 Å². The Balaban J connectivity index is 1.42. The summed E-state index contributed by atoms with van der Waals surface area (Å²) in [6, 6.07) is 11.8. The Kier molecular flexibility index (Phi) is 7.08. The van der Waals surface area contributed by atoms with Crippen molar-refractivity contribution >= 4 is 11.6 Å². The number of nitrogens with one attached hydrogen (secondary N) is 1. The summed E-state index contributed by atoms with van der Waals surface area (Å²) >= 11 is 6.78. The topological polar surface area (TPSA) is 94.3 Å². The lowest BCUT2D eigenvalue weighted by molar-refractivity contribution is 0.315. The molecule has 1 N–H and O–H groups in total. The maximum atomic E-state index is 13.4. The van der Waals surface area contributed by atoms with Gasteiger partial charge in [0.15, 0.2) is 0 Å². The van der Waals surface area contributed by atoms with E-state index in [2.05, 4.69) is 27.5 Å². The number of benzene rings is 1. The minimum Gasteiger partial charge on any atom is -0.290 e. The number of imidazole rings is 1. The molecule has 0 unspecified atom stereocenters. The van der Waals surface area contributed by atoms with E-state index >= 15 is 0 Å². The lowest BCUT2D eigenvalue weighted by atomic mass is 9.89. The summed E-state index contributed by atoms with van der Waals surface area (Å²) in [5.74, 6) is 1.06. The van der Waals surface area contributed by atoms with E-state index in [-0.39, 0.29) is 5.69 Å². The maximum Gasteiger partial charge on any atom is 0.329 e. The van der Waals surface area contributed by atoms with Crippen LogP contribution >= 0.6 is 11.6 Å². The summed E-state index contributed by atoms with van der Waals surface area (Å²) in [5.41, 5.74) is 4.44. The van der Waals surface area contributed by atoms with E-state index in [1.54, 1.807) is 4.57 Å². The first-order chi connectivity index (χ1) is 17.2. The standard InChI is InChI=1S/C26H30ClN7O/c1-2-8-23-24(27)34(16-18-9-4-3-5-10-18)26(35)33(23)17-19-13-14-22(28-15-19)20-11-6-7-12-21(20)25-29-31-32-30-25/h6-7,11-15,18H,2-5,8-10,16-17H2,1H3,(H,29,30,31,32). The molecule has 0 saturated heterocycles. The lowest BCUT2D eigenvalue weighted by Gasteiger charge is -2.21. The predicted octanol–water partition coefficient (Wildman–Crippen LogP) is 5.13. The van der Waals surface area contributed by atoms with Gasteiger partial charge in [-0.3, -0.25) is 14.1 Å². The lowest BCUT2D eigenvalue weighted by Crippen LogP contribution is -2.28. The number of aromatic nitrogens is 7. The Labute approximate surface area is 209 Å². The van der Waals surface area contributed by atoms with Crippen LogP contribution in [0, 0.1) is 5.92 Å². The monoisotopic (exact) mass is 491 g/mol. The third kappa shape index (κ3) is 4.93. The molecule has 5 rings (SSSR count). The Morgan fingerprint density at radius 3 is 2.54 bits per heavy atom. The second kappa shape index (κ2) is 10.6. The van der Waals surface area contributed by atoms with Crippen LogP contribution < -0.4 is 5.69 Å². The van der Waals surface area contributed by atoms with Crippen molar-refractivity contribution in [1.82, 2.24) is 34.7 Å². The molecule has 1 aromatic carbocycles. The molecule has 1 saturated carbocycles. The summed E-state index contributed by atoms with van der Waals surface area (Å²) in [7, 11) is 0. The SMILES string of the molecule is CCCc1c(Cl)n(CC2CCCCC2)c(=O)n1Cc1ccc(-c2ccccc2-c2nn[nH]n2)nc1. The van der Waals surface area contributed by atoms with Crippen LogP contribution in [0.25, 0.3) is 22.6 Å². The van der Waals surface area contributed by atoms with Crippen LogP contribution in [0.15, 0.2) is 47.4 Å². The van der Waals surface area contributed by atoms with E-state index < -0.39 is 0 Å². The first kappa shape index (κ1) is 23.5. The van der Waals surface area contributed by atoms with Gasteiger partial charge in [-0.05, 0) is 42.0 Å². The average molecular weight is 492 g/mol. The van der Waals surface area contributed by atoms with Gasteiger partial charge in [0, 0.05) is 23.9 Å². The van der Waals surface area contributed by atoms with Crippen LogP contribution in [-0.2, 0) is 19.5 Å². The number of H-pyrrole nitrogens is 1. The number of rotatable bonds is 8. The normalized spacial score (nSPS) is 14.5. The van der Waals surface area contributed by atoms with Gasteiger partial charge < -0.3 is 0 Å². The Morgan fingerprint density at radius 2 is 1.86 bits per heavy atom. The van der Waals surface area contributed by atoms with Gasteiger partial charge in [-0.1, -0.05) is 74.5 Å². The van der Waals surface area contributed by atoms with Crippen LogP contribution in [-0.4, -0.2) is 34.7 Å². The van der Waals surface area contributed by atoms with Crippen molar-refractivity contribution in [2.45, 2.75) is 65.0 Å². The number of tetrazole rings is 1. The molecule has 1 fully saturated rings. The maximum absolute atomic E-state index is 13.4. The van der Waals surface area contributed by atoms with Crippen LogP contribution in [0.1, 0.15) is 56.7 Å². The minimum absolute atomic E-state index is 0.0180. The van der Waals surface area contributed by atoms with Crippen molar-refractivity contribution in [1.29, 1.82) is 0 Å². The highest BCUT2D eigenvalue weighted by Crippen LogP contribution is 2.29. The summed E-state index contributed by atoms with van der Waals surface area (Å²) in [6.07, 6.45) is 9.66. The van der Waals surface area contributed by atoms with Gasteiger partial charge in [-0.25, -0.2) is 4.79 Å². The highest BCUT2D eigenvalue weighted by Gasteiger charge is 2.22. The number of hydrogen-bond acceptors (Lipinski definition) is 5. The zero-order valence-corrected chi connectivity index (χ0v) is 20.7. The van der Waals surface area contributed by atoms with Gasteiger partial charge in [0.05, 0.1) is 17.9 Å². The smallest absolute Gasteiger partial charge is 0.290 e. The van der Waals surface area contributed by atoms with E-state index in [0.717, 1.165) is 40.9 Å². The second-order valence-corrected chi connectivity index (χ2v) is 9.66. The van der Waals surface area contributed by atoms with E-state index in [1.807, 2.05) is 47.2 Å². The van der Waals surface area contributed by atoms with Gasteiger partial charge in [0.25, 0.3) is 0 Å². The summed E-state index contributed by atoms with van der Waals surface area (Å²) in [5, 5.41) is 15.0. The second-order valence-electron chi connectivity index (χ2n) is 9.30. The highest BCUT2D eigenvalue weighted by atomic mass is 35.5. The molecule has 3 aromatic heterocycles. The third-order valence-electron chi connectivity index (χ3n) is 6.87. The summed E-state index contributed by atoms with van der Waals surface area (Å²) in [4.78, 5) is 18.1. The summed E-state index contributed by atoms with van der Waals surface area (Å²) in [6.45, 7) is 3.28. The Morgan fingerprint density at radius 1 is 1.06 bits per heavy atom. The summed E-state index contributed by atoms with van der Waals surface area (Å²) < 4.78 is 3.63. The first-order valence-electron chi connectivity index (χ1n) is 12.4. The molecule has 0 radical (unpaired) electrons. The van der Waals surface area contributed by atoms with Crippen molar-refractivity contribution in [3.05, 3.63) is 69.5 Å². The molecule has 8 nitrogen and oxygen atoms in total. The predicted molar refractivity (Wildman–Crippen MR) is 136 cm³/mol. The average Bonchev–Trinajstić information content (AvgIpc) is 3.51. The molecular formula is C26H30ClN7O.